The minimum atomic E-state index is -3.60. The van der Waals surface area contributed by atoms with Crippen LogP contribution in [0.3, 0.4) is 0 Å². The van der Waals surface area contributed by atoms with Crippen LogP contribution in [-0.4, -0.2) is 34.1 Å². The molecular formula is C16H26N2O4S. The molecule has 23 heavy (non-hydrogen) atoms. The predicted octanol–water partition coefficient (Wildman–Crippen LogP) is 2.37. The first kappa shape index (κ1) is 19.6. The molecule has 0 heterocycles. The maximum Gasteiger partial charge on any atom is 0.240 e. The largest absolute Gasteiger partial charge is 0.383 e. The highest BCUT2D eigenvalue weighted by Gasteiger charge is 2.18. The number of hydrogen-bond donors (Lipinski definition) is 2. The molecule has 1 atom stereocenters. The second-order valence-electron chi connectivity index (χ2n) is 6.79. The molecule has 0 spiro atoms. The Morgan fingerprint density at radius 2 is 1.78 bits per heavy atom. The number of carbonyl (C=O) groups excluding carboxylic acids is 1. The third-order valence-corrected chi connectivity index (χ3v) is 4.52. The predicted molar refractivity (Wildman–Crippen MR) is 90.8 cm³/mol. The van der Waals surface area contributed by atoms with Gasteiger partial charge in [0.2, 0.25) is 15.9 Å². The zero-order valence-electron chi connectivity index (χ0n) is 14.3. The van der Waals surface area contributed by atoms with Crippen molar-refractivity contribution in [3.63, 3.8) is 0 Å². The number of benzene rings is 1. The van der Waals surface area contributed by atoms with E-state index >= 15 is 0 Å². The molecular weight excluding hydrogens is 316 g/mol. The van der Waals surface area contributed by atoms with Crippen LogP contribution in [0.4, 0.5) is 5.69 Å². The fourth-order valence-corrected chi connectivity index (χ4v) is 3.25. The van der Waals surface area contributed by atoms with E-state index in [9.17, 15) is 13.2 Å². The van der Waals surface area contributed by atoms with Gasteiger partial charge in [0.05, 0.1) is 11.5 Å². The molecule has 0 radical (unpaired) electrons. The monoisotopic (exact) mass is 342 g/mol. The molecule has 1 rings (SSSR count). The van der Waals surface area contributed by atoms with Crippen LogP contribution in [0.5, 0.6) is 0 Å². The van der Waals surface area contributed by atoms with Crippen molar-refractivity contribution in [2.75, 3.05) is 19.0 Å². The van der Waals surface area contributed by atoms with Gasteiger partial charge >= 0.3 is 0 Å². The van der Waals surface area contributed by atoms with Crippen molar-refractivity contribution in [2.24, 2.45) is 5.41 Å². The summed E-state index contributed by atoms with van der Waals surface area (Å²) in [6.45, 7) is 7.96. The van der Waals surface area contributed by atoms with E-state index in [-0.39, 0.29) is 22.3 Å². The van der Waals surface area contributed by atoms with Gasteiger partial charge in [-0.3, -0.25) is 4.79 Å². The minimum absolute atomic E-state index is 0.0973. The lowest BCUT2D eigenvalue weighted by Gasteiger charge is -2.17. The lowest BCUT2D eigenvalue weighted by Crippen LogP contribution is -2.35. The lowest BCUT2D eigenvalue weighted by atomic mass is 9.92. The maximum atomic E-state index is 12.2. The van der Waals surface area contributed by atoms with Gasteiger partial charge in [0.15, 0.2) is 0 Å². The van der Waals surface area contributed by atoms with Crippen LogP contribution in [0, 0.1) is 5.41 Å². The van der Waals surface area contributed by atoms with E-state index in [1.165, 1.54) is 19.2 Å². The van der Waals surface area contributed by atoms with Crippen LogP contribution in [-0.2, 0) is 19.6 Å². The van der Waals surface area contributed by atoms with Gasteiger partial charge in [-0.1, -0.05) is 20.8 Å². The third kappa shape index (κ3) is 7.11. The minimum Gasteiger partial charge on any atom is -0.383 e. The van der Waals surface area contributed by atoms with Gasteiger partial charge in [0.25, 0.3) is 0 Å². The molecule has 0 aliphatic heterocycles. The summed E-state index contributed by atoms with van der Waals surface area (Å²) in [6.07, 6.45) is 0.392. The first-order valence-electron chi connectivity index (χ1n) is 7.45. The number of anilines is 1. The lowest BCUT2D eigenvalue weighted by molar-refractivity contribution is -0.117. The number of nitrogens with one attached hydrogen (secondary N) is 2. The fourth-order valence-electron chi connectivity index (χ4n) is 2.02. The summed E-state index contributed by atoms with van der Waals surface area (Å²) >= 11 is 0. The SMILES string of the molecule is COCC(C)NS(=O)(=O)c1ccc(NC(=O)CC(C)(C)C)cc1. The normalized spacial score (nSPS) is 13.6. The zero-order chi connectivity index (χ0) is 17.7. The Hall–Kier alpha value is -1.44. The first-order valence-corrected chi connectivity index (χ1v) is 8.93. The average molecular weight is 342 g/mol. The van der Waals surface area contributed by atoms with Crippen LogP contribution >= 0.6 is 0 Å². The molecule has 2 N–H and O–H groups in total. The summed E-state index contributed by atoms with van der Waals surface area (Å²) in [5, 5.41) is 2.76. The van der Waals surface area contributed by atoms with Crippen molar-refractivity contribution in [2.45, 2.75) is 45.1 Å². The molecule has 0 fully saturated rings. The Kier molecular flexibility index (Phi) is 6.73. The van der Waals surface area contributed by atoms with Gasteiger partial charge in [-0.05, 0) is 36.6 Å². The van der Waals surface area contributed by atoms with Crippen LogP contribution < -0.4 is 10.0 Å². The van der Waals surface area contributed by atoms with Crippen molar-refractivity contribution in [1.82, 2.24) is 4.72 Å². The van der Waals surface area contributed by atoms with Gasteiger partial charge in [0, 0.05) is 25.3 Å². The zero-order valence-corrected chi connectivity index (χ0v) is 15.2. The number of hydrogen-bond acceptors (Lipinski definition) is 4. The van der Waals surface area contributed by atoms with Gasteiger partial charge in [-0.2, -0.15) is 0 Å². The first-order chi connectivity index (χ1) is 10.5. The van der Waals surface area contributed by atoms with Gasteiger partial charge in [0.1, 0.15) is 0 Å². The molecule has 7 heteroatoms. The van der Waals surface area contributed by atoms with E-state index in [0.29, 0.717) is 18.7 Å². The second-order valence-corrected chi connectivity index (χ2v) is 8.50. The second kappa shape index (κ2) is 7.90. The summed E-state index contributed by atoms with van der Waals surface area (Å²) in [6, 6.07) is 5.77. The van der Waals surface area contributed by atoms with Crippen LogP contribution in [0.15, 0.2) is 29.2 Å². The van der Waals surface area contributed by atoms with Crippen LogP contribution in [0.2, 0.25) is 0 Å². The topological polar surface area (TPSA) is 84.5 Å². The summed E-state index contributed by atoms with van der Waals surface area (Å²) in [7, 11) is -2.08. The standard InChI is InChI=1S/C16H26N2O4S/c1-12(11-22-5)18-23(20,21)14-8-6-13(7-9-14)17-15(19)10-16(2,3)4/h6-9,12,18H,10-11H2,1-5H3,(H,17,19). The molecule has 1 unspecified atom stereocenters. The number of amides is 1. The Labute approximate surface area is 138 Å². The van der Waals surface area contributed by atoms with E-state index in [2.05, 4.69) is 10.0 Å². The summed E-state index contributed by atoms with van der Waals surface area (Å²) < 4.78 is 31.8. The molecule has 1 aromatic carbocycles. The molecule has 0 saturated heterocycles. The maximum absolute atomic E-state index is 12.2. The van der Waals surface area contributed by atoms with Crippen molar-refractivity contribution in [3.05, 3.63) is 24.3 Å². The fraction of sp³-hybridized carbons (Fsp3) is 0.562. The van der Waals surface area contributed by atoms with Crippen LogP contribution in [0.1, 0.15) is 34.1 Å². The average Bonchev–Trinajstić information content (AvgIpc) is 2.36. The highest BCUT2D eigenvalue weighted by molar-refractivity contribution is 7.89. The molecule has 0 aliphatic rings. The van der Waals surface area contributed by atoms with E-state index in [4.69, 9.17) is 4.74 Å². The third-order valence-electron chi connectivity index (χ3n) is 2.91. The highest BCUT2D eigenvalue weighted by atomic mass is 32.2. The number of ether oxygens (including phenoxy) is 1. The molecule has 0 saturated carbocycles. The van der Waals surface area contributed by atoms with Gasteiger partial charge in [-0.15, -0.1) is 0 Å². The Morgan fingerprint density at radius 1 is 1.22 bits per heavy atom. The smallest absolute Gasteiger partial charge is 0.240 e. The van der Waals surface area contributed by atoms with Gasteiger partial charge in [-0.25, -0.2) is 13.1 Å². The Bertz CT molecular complexity index is 618. The van der Waals surface area contributed by atoms with E-state index in [1.807, 2.05) is 20.8 Å². The van der Waals surface area contributed by atoms with Crippen LogP contribution in [0.25, 0.3) is 0 Å². The number of carbonyl (C=O) groups is 1. The Morgan fingerprint density at radius 3 is 2.26 bits per heavy atom. The number of rotatable bonds is 7. The summed E-state index contributed by atoms with van der Waals surface area (Å²) in [4.78, 5) is 12.0. The molecule has 0 aliphatic carbocycles. The molecule has 0 aromatic heterocycles. The van der Waals surface area contributed by atoms with Crippen molar-refractivity contribution >= 4 is 21.6 Å². The van der Waals surface area contributed by atoms with E-state index < -0.39 is 10.0 Å². The summed E-state index contributed by atoms with van der Waals surface area (Å²) in [5.74, 6) is -0.0973. The van der Waals surface area contributed by atoms with E-state index in [1.54, 1.807) is 19.1 Å². The molecule has 130 valence electrons. The van der Waals surface area contributed by atoms with Gasteiger partial charge < -0.3 is 10.1 Å². The molecule has 1 aromatic rings. The highest BCUT2D eigenvalue weighted by Crippen LogP contribution is 2.20. The van der Waals surface area contributed by atoms with Crippen molar-refractivity contribution < 1.29 is 17.9 Å². The van der Waals surface area contributed by atoms with Crippen molar-refractivity contribution in [1.29, 1.82) is 0 Å². The van der Waals surface area contributed by atoms with E-state index in [0.717, 1.165) is 0 Å². The number of sulfonamides is 1. The molecule has 0 bridgehead atoms. The molecule has 1 amide bonds. The molecule has 6 nitrogen and oxygen atoms in total. The summed E-state index contributed by atoms with van der Waals surface area (Å²) in [5.41, 5.74) is 0.470. The van der Waals surface area contributed by atoms with Crippen molar-refractivity contribution in [3.8, 4) is 0 Å². The Balaban J connectivity index is 2.74. The number of methoxy groups -OCH3 is 1. The quantitative estimate of drug-likeness (QED) is 0.797.